The van der Waals surface area contributed by atoms with Crippen molar-refractivity contribution in [2.75, 3.05) is 0 Å². The van der Waals surface area contributed by atoms with Crippen LogP contribution in [0.5, 0.6) is 0 Å². The van der Waals surface area contributed by atoms with Crippen molar-refractivity contribution in [1.29, 1.82) is 0 Å². The van der Waals surface area contributed by atoms with Crippen molar-refractivity contribution in [3.8, 4) is 0 Å². The summed E-state index contributed by atoms with van der Waals surface area (Å²) in [6, 6.07) is 0. The first-order valence-corrected chi connectivity index (χ1v) is 8.48. The molecule has 0 aliphatic carbocycles. The Kier molecular flexibility index (Phi) is 5.10. The van der Waals surface area contributed by atoms with E-state index in [1.54, 1.807) is 0 Å². The lowest BCUT2D eigenvalue weighted by atomic mass is 10.3. The van der Waals surface area contributed by atoms with Crippen molar-refractivity contribution >= 4 is 44.0 Å². The zero-order valence-electron chi connectivity index (χ0n) is 10.8. The Hall–Kier alpha value is -2.10. The number of carbonyl (C=O) groups is 4. The quantitative estimate of drug-likeness (QED) is 0.317. The fourth-order valence-electron chi connectivity index (χ4n) is 1.53. The van der Waals surface area contributed by atoms with Crippen molar-refractivity contribution in [3.63, 3.8) is 0 Å². The second-order valence-electron chi connectivity index (χ2n) is 4.25. The molecule has 1 aliphatic heterocycles. The largest absolute Gasteiger partial charge is 0.481 e. The van der Waals surface area contributed by atoms with Crippen LogP contribution >= 0.6 is 0 Å². The number of hydrogen-bond donors (Lipinski definition) is 3. The van der Waals surface area contributed by atoms with Gasteiger partial charge in [0, 0.05) is 0 Å². The molecule has 1 saturated heterocycles. The summed E-state index contributed by atoms with van der Waals surface area (Å²) in [5.41, 5.74) is 0. The maximum atomic E-state index is 11.6. The van der Waals surface area contributed by atoms with Gasteiger partial charge in [-0.15, -0.1) is 5.06 Å². The molecule has 2 unspecified atom stereocenters. The Bertz CT molecular complexity index is 765. The van der Waals surface area contributed by atoms with E-state index in [0.717, 1.165) is 0 Å². The van der Waals surface area contributed by atoms with E-state index in [9.17, 15) is 36.0 Å². The van der Waals surface area contributed by atoms with E-state index in [2.05, 4.69) is 4.84 Å². The topological polar surface area (TPSA) is 210 Å². The van der Waals surface area contributed by atoms with Gasteiger partial charge in [-0.1, -0.05) is 0 Å². The number of hydroxylamine groups is 2. The highest BCUT2D eigenvalue weighted by atomic mass is 32.2. The van der Waals surface area contributed by atoms with Crippen LogP contribution in [-0.4, -0.2) is 70.4 Å². The molecule has 3 N–H and O–H groups in total. The van der Waals surface area contributed by atoms with E-state index in [1.165, 1.54) is 0 Å². The highest BCUT2D eigenvalue weighted by molar-refractivity contribution is 7.87. The van der Waals surface area contributed by atoms with Crippen LogP contribution < -0.4 is 0 Å². The van der Waals surface area contributed by atoms with Crippen LogP contribution in [0.3, 0.4) is 0 Å². The van der Waals surface area contributed by atoms with Gasteiger partial charge in [0.05, 0.1) is 12.8 Å². The summed E-state index contributed by atoms with van der Waals surface area (Å²) in [5.74, 6) is -6.88. The fraction of sp³-hybridized carbons (Fsp3) is 0.500. The number of hydrogen-bond acceptors (Lipinski definition) is 9. The van der Waals surface area contributed by atoms with Gasteiger partial charge in [0.1, 0.15) is 0 Å². The lowest BCUT2D eigenvalue weighted by Gasteiger charge is -2.16. The fourth-order valence-corrected chi connectivity index (χ4v) is 2.87. The highest BCUT2D eigenvalue weighted by Crippen LogP contribution is 2.21. The number of carboxylic acids is 1. The Morgan fingerprint density at radius 3 is 2.09 bits per heavy atom. The van der Waals surface area contributed by atoms with E-state index < -0.39 is 72.4 Å². The Labute approximate surface area is 128 Å². The van der Waals surface area contributed by atoms with Crippen LogP contribution in [0.2, 0.25) is 0 Å². The van der Waals surface area contributed by atoms with E-state index in [1.807, 2.05) is 0 Å². The van der Waals surface area contributed by atoms with Crippen LogP contribution in [0, 0.1) is 0 Å². The summed E-state index contributed by atoms with van der Waals surface area (Å²) >= 11 is 0. The average molecular weight is 375 g/mol. The Morgan fingerprint density at radius 2 is 1.74 bits per heavy atom. The zero-order chi connectivity index (χ0) is 18.2. The van der Waals surface area contributed by atoms with Gasteiger partial charge < -0.3 is 9.94 Å². The number of carboxylic acid groups (broad SMARTS) is 1. The molecule has 0 aromatic carbocycles. The molecule has 23 heavy (non-hydrogen) atoms. The molecule has 0 bridgehead atoms. The van der Waals surface area contributed by atoms with Gasteiger partial charge in [-0.3, -0.25) is 23.5 Å². The Balaban J connectivity index is 3.02. The van der Waals surface area contributed by atoms with Crippen LogP contribution in [0.15, 0.2) is 0 Å². The van der Waals surface area contributed by atoms with E-state index in [-0.39, 0.29) is 0 Å². The number of nitrogens with zero attached hydrogens (tertiary/aromatic N) is 1. The number of imide groups is 1. The predicted octanol–water partition coefficient (Wildman–Crippen LogP) is -2.81. The van der Waals surface area contributed by atoms with E-state index >= 15 is 0 Å². The number of aliphatic carboxylic acids is 1. The summed E-state index contributed by atoms with van der Waals surface area (Å²) in [7, 11) is -10.2. The number of amides is 2. The van der Waals surface area contributed by atoms with Crippen molar-refractivity contribution < 1.29 is 55.1 Å². The second-order valence-corrected chi connectivity index (χ2v) is 7.44. The molecule has 130 valence electrons. The monoisotopic (exact) mass is 375 g/mol. The first-order chi connectivity index (χ1) is 10.2. The molecular formula is C8H9NO12S2. The molecule has 1 aliphatic rings. The van der Waals surface area contributed by atoms with Gasteiger partial charge in [0.15, 0.2) is 10.5 Å². The molecule has 2 atom stereocenters. The van der Waals surface area contributed by atoms with Gasteiger partial charge in [-0.2, -0.15) is 16.8 Å². The maximum Gasteiger partial charge on any atom is 0.354 e. The minimum atomic E-state index is -5.25. The molecular weight excluding hydrogens is 366 g/mol. The minimum absolute atomic E-state index is 0.416. The highest BCUT2D eigenvalue weighted by Gasteiger charge is 2.49. The minimum Gasteiger partial charge on any atom is -0.481 e. The molecule has 0 radical (unpaired) electrons. The van der Waals surface area contributed by atoms with Crippen molar-refractivity contribution in [2.24, 2.45) is 0 Å². The average Bonchev–Trinajstić information content (AvgIpc) is 2.62. The molecule has 15 heteroatoms. The van der Waals surface area contributed by atoms with Gasteiger partial charge in [-0.25, -0.2) is 4.79 Å². The molecule has 0 spiro atoms. The van der Waals surface area contributed by atoms with Crippen molar-refractivity contribution in [2.45, 2.75) is 23.3 Å². The molecule has 1 fully saturated rings. The summed E-state index contributed by atoms with van der Waals surface area (Å²) in [6.07, 6.45) is -2.50. The van der Waals surface area contributed by atoms with E-state index in [4.69, 9.17) is 14.2 Å². The molecule has 13 nitrogen and oxygen atoms in total. The maximum absolute atomic E-state index is 11.6. The third kappa shape index (κ3) is 4.44. The van der Waals surface area contributed by atoms with Gasteiger partial charge in [0.2, 0.25) is 0 Å². The van der Waals surface area contributed by atoms with Gasteiger partial charge in [0.25, 0.3) is 32.1 Å². The predicted molar refractivity (Wildman–Crippen MR) is 65.5 cm³/mol. The molecule has 2 amide bonds. The molecule has 0 aromatic rings. The zero-order valence-corrected chi connectivity index (χ0v) is 12.5. The van der Waals surface area contributed by atoms with Crippen molar-refractivity contribution in [3.05, 3.63) is 0 Å². The van der Waals surface area contributed by atoms with Crippen LogP contribution in [0.4, 0.5) is 0 Å². The Morgan fingerprint density at radius 1 is 1.22 bits per heavy atom. The first kappa shape index (κ1) is 18.9. The molecule has 0 aromatic heterocycles. The van der Waals surface area contributed by atoms with Crippen LogP contribution in [0.1, 0.15) is 12.8 Å². The van der Waals surface area contributed by atoms with Gasteiger partial charge >= 0.3 is 11.9 Å². The van der Waals surface area contributed by atoms with E-state index in [0.29, 0.717) is 0 Å². The van der Waals surface area contributed by atoms with Crippen molar-refractivity contribution in [1.82, 2.24) is 5.06 Å². The van der Waals surface area contributed by atoms with Gasteiger partial charge in [-0.05, 0) is 0 Å². The van der Waals surface area contributed by atoms with Crippen LogP contribution in [0.25, 0.3) is 0 Å². The third-order valence-electron chi connectivity index (χ3n) is 2.59. The standard InChI is InChI=1S/C8H9NO12S2/c10-5-1-3(22(15,16)17)7(13)9(5)21-8(14)4(2-6(11)12)23(18,19)20/h3-4H,1-2H2,(H,11,12)(H,15,16,17)(H,18,19,20). The number of carbonyl (C=O) groups excluding carboxylic acids is 3. The SMILES string of the molecule is O=C(O)CC(C(=O)ON1C(=O)CC(S(=O)(=O)O)C1=O)S(=O)(=O)O. The number of rotatable bonds is 6. The third-order valence-corrected chi connectivity index (χ3v) is 4.75. The molecule has 0 saturated carbocycles. The lowest BCUT2D eigenvalue weighted by molar-refractivity contribution is -0.197. The normalized spacial score (nSPS) is 20.4. The smallest absolute Gasteiger partial charge is 0.354 e. The summed E-state index contributed by atoms with van der Waals surface area (Å²) < 4.78 is 61.1. The summed E-state index contributed by atoms with van der Waals surface area (Å²) in [5, 5.41) is 3.16. The molecule has 1 heterocycles. The lowest BCUT2D eigenvalue weighted by Crippen LogP contribution is -2.42. The van der Waals surface area contributed by atoms with Crippen LogP contribution in [-0.2, 0) is 44.3 Å². The first-order valence-electron chi connectivity index (χ1n) is 5.48. The summed E-state index contributed by atoms with van der Waals surface area (Å²) in [6.45, 7) is 0. The summed E-state index contributed by atoms with van der Waals surface area (Å²) in [4.78, 5) is 49.0. The second kappa shape index (κ2) is 6.19. The molecule has 1 rings (SSSR count).